The summed E-state index contributed by atoms with van der Waals surface area (Å²) >= 11 is 3.44. The molecule has 0 aliphatic carbocycles. The van der Waals surface area contributed by atoms with Crippen LogP contribution in [0, 0.1) is 0 Å². The molecular weight excluding hydrogens is 332 g/mol. The highest BCUT2D eigenvalue weighted by Gasteiger charge is 2.02. The Labute approximate surface area is 136 Å². The number of hydrogen-bond donors (Lipinski definition) is 1. The Morgan fingerprint density at radius 2 is 1.71 bits per heavy atom. The van der Waals surface area contributed by atoms with Gasteiger partial charge in [0.15, 0.2) is 11.5 Å². The summed E-state index contributed by atoms with van der Waals surface area (Å²) in [4.78, 5) is 0. The summed E-state index contributed by atoms with van der Waals surface area (Å²) in [7, 11) is 1.57. The largest absolute Gasteiger partial charge is 0.504 e. The first-order valence-corrected chi connectivity index (χ1v) is 8.89. The quantitative estimate of drug-likeness (QED) is 0.434. The zero-order valence-electron chi connectivity index (χ0n) is 12.9. The van der Waals surface area contributed by atoms with Gasteiger partial charge in [0.2, 0.25) is 0 Å². The summed E-state index contributed by atoms with van der Waals surface area (Å²) < 4.78 is 10.7. The smallest absolute Gasteiger partial charge is 0.160 e. The Balaban J connectivity index is 2.01. The molecule has 1 aromatic rings. The van der Waals surface area contributed by atoms with Crippen molar-refractivity contribution in [3.8, 4) is 11.5 Å². The van der Waals surface area contributed by atoms with E-state index in [-0.39, 0.29) is 5.75 Å². The van der Waals surface area contributed by atoms with Crippen molar-refractivity contribution in [1.82, 2.24) is 0 Å². The van der Waals surface area contributed by atoms with Gasteiger partial charge in [0.25, 0.3) is 0 Å². The summed E-state index contributed by atoms with van der Waals surface area (Å²) in [5, 5.41) is 10.6. The molecule has 0 aromatic heterocycles. The molecule has 0 unspecified atom stereocenters. The lowest BCUT2D eigenvalue weighted by molar-refractivity contribution is 0.126. The molecule has 0 saturated carbocycles. The fourth-order valence-corrected chi connectivity index (χ4v) is 2.56. The monoisotopic (exact) mass is 358 g/mol. The summed E-state index contributed by atoms with van der Waals surface area (Å²) in [6, 6.07) is 5.54. The van der Waals surface area contributed by atoms with Crippen LogP contribution in [0.15, 0.2) is 18.2 Å². The summed E-state index contributed by atoms with van der Waals surface area (Å²) in [6.45, 7) is 1.73. The molecule has 4 heteroatoms. The maximum absolute atomic E-state index is 9.53. The van der Waals surface area contributed by atoms with Crippen LogP contribution < -0.4 is 4.74 Å². The van der Waals surface area contributed by atoms with E-state index in [1.54, 1.807) is 13.2 Å². The molecule has 0 atom stereocenters. The van der Waals surface area contributed by atoms with Gasteiger partial charge in [0, 0.05) is 18.5 Å². The van der Waals surface area contributed by atoms with E-state index in [9.17, 15) is 5.11 Å². The molecule has 0 saturated heterocycles. The lowest BCUT2D eigenvalue weighted by Gasteiger charge is -2.07. The normalized spacial score (nSPS) is 10.8. The molecule has 0 amide bonds. The van der Waals surface area contributed by atoms with Crippen LogP contribution in [-0.4, -0.2) is 30.8 Å². The molecule has 0 bridgehead atoms. The van der Waals surface area contributed by atoms with Crippen LogP contribution in [0.3, 0.4) is 0 Å². The first kappa shape index (κ1) is 18.3. The minimum atomic E-state index is 0.199. The number of aromatic hydroxyl groups is 1. The Hall–Kier alpha value is -0.740. The molecule has 1 rings (SSSR count). The van der Waals surface area contributed by atoms with E-state index in [1.807, 2.05) is 12.1 Å². The van der Waals surface area contributed by atoms with E-state index in [0.717, 1.165) is 37.8 Å². The van der Waals surface area contributed by atoms with Gasteiger partial charge in [-0.15, -0.1) is 0 Å². The van der Waals surface area contributed by atoms with E-state index >= 15 is 0 Å². The van der Waals surface area contributed by atoms with Crippen molar-refractivity contribution in [2.75, 3.05) is 25.7 Å². The van der Waals surface area contributed by atoms with Gasteiger partial charge in [-0.1, -0.05) is 34.8 Å². The van der Waals surface area contributed by atoms with Gasteiger partial charge < -0.3 is 14.6 Å². The number of methoxy groups -OCH3 is 1. The first-order chi connectivity index (χ1) is 10.3. The van der Waals surface area contributed by atoms with Gasteiger partial charge in [-0.25, -0.2) is 0 Å². The van der Waals surface area contributed by atoms with Gasteiger partial charge in [-0.05, 0) is 49.8 Å². The molecule has 0 radical (unpaired) electrons. The van der Waals surface area contributed by atoms with Crippen molar-refractivity contribution in [2.24, 2.45) is 0 Å². The lowest BCUT2D eigenvalue weighted by atomic mass is 10.1. The molecule has 0 spiro atoms. The number of alkyl halides is 1. The second-order valence-electron chi connectivity index (χ2n) is 5.18. The topological polar surface area (TPSA) is 38.7 Å². The van der Waals surface area contributed by atoms with E-state index in [0.29, 0.717) is 5.75 Å². The minimum absolute atomic E-state index is 0.199. The number of unbranched alkanes of at least 4 members (excludes halogenated alkanes) is 4. The number of halogens is 1. The van der Waals surface area contributed by atoms with Crippen molar-refractivity contribution in [1.29, 1.82) is 0 Å². The molecule has 1 aromatic carbocycles. The lowest BCUT2D eigenvalue weighted by Crippen LogP contribution is -1.98. The highest BCUT2D eigenvalue weighted by molar-refractivity contribution is 9.09. The van der Waals surface area contributed by atoms with Gasteiger partial charge in [0.1, 0.15) is 0 Å². The molecule has 1 N–H and O–H groups in total. The van der Waals surface area contributed by atoms with Crippen molar-refractivity contribution in [3.05, 3.63) is 23.8 Å². The fraction of sp³-hybridized carbons (Fsp3) is 0.647. The van der Waals surface area contributed by atoms with E-state index in [1.165, 1.54) is 31.2 Å². The Bertz CT molecular complexity index is 382. The highest BCUT2D eigenvalue weighted by atomic mass is 79.9. The molecule has 0 heterocycles. The first-order valence-electron chi connectivity index (χ1n) is 7.77. The number of hydrogen-bond acceptors (Lipinski definition) is 3. The number of phenols is 1. The van der Waals surface area contributed by atoms with Crippen molar-refractivity contribution in [3.63, 3.8) is 0 Å². The predicted octanol–water partition coefficient (Wildman–Crippen LogP) is 4.70. The predicted molar refractivity (Wildman–Crippen MR) is 90.7 cm³/mol. The van der Waals surface area contributed by atoms with E-state index in [4.69, 9.17) is 9.47 Å². The average Bonchev–Trinajstić information content (AvgIpc) is 2.50. The second kappa shape index (κ2) is 11.9. The van der Waals surface area contributed by atoms with E-state index < -0.39 is 0 Å². The third-order valence-electron chi connectivity index (χ3n) is 3.42. The molecule has 0 fully saturated rings. The summed E-state index contributed by atoms with van der Waals surface area (Å²) in [5.74, 6) is 0.747. The number of aryl methyl sites for hydroxylation is 1. The molecule has 0 aliphatic rings. The van der Waals surface area contributed by atoms with Gasteiger partial charge in [0.05, 0.1) is 7.11 Å². The van der Waals surface area contributed by atoms with Crippen molar-refractivity contribution < 1.29 is 14.6 Å². The minimum Gasteiger partial charge on any atom is -0.504 e. The van der Waals surface area contributed by atoms with Crippen LogP contribution in [0.5, 0.6) is 11.5 Å². The van der Waals surface area contributed by atoms with Crippen molar-refractivity contribution in [2.45, 2.75) is 44.9 Å². The number of phenolic OH excluding ortho intramolecular Hbond substituents is 1. The Kier molecular flexibility index (Phi) is 10.3. The van der Waals surface area contributed by atoms with Crippen LogP contribution in [0.25, 0.3) is 0 Å². The van der Waals surface area contributed by atoms with Gasteiger partial charge >= 0.3 is 0 Å². The Morgan fingerprint density at radius 3 is 2.43 bits per heavy atom. The van der Waals surface area contributed by atoms with Gasteiger partial charge in [-0.3, -0.25) is 0 Å². The third-order valence-corrected chi connectivity index (χ3v) is 3.98. The van der Waals surface area contributed by atoms with Crippen LogP contribution in [-0.2, 0) is 11.2 Å². The number of ether oxygens (including phenoxy) is 2. The zero-order valence-corrected chi connectivity index (χ0v) is 14.5. The van der Waals surface area contributed by atoms with Crippen LogP contribution in [0.4, 0.5) is 0 Å². The average molecular weight is 359 g/mol. The molecular formula is C17H27BrO3. The zero-order chi connectivity index (χ0) is 15.3. The second-order valence-corrected chi connectivity index (χ2v) is 5.97. The standard InChI is InChI=1S/C17H27BrO3/c1-20-17-14-15(9-10-16(17)19)8-4-7-13-21-12-6-3-2-5-11-18/h9-10,14,19H,2-8,11-13H2,1H3. The molecule has 3 nitrogen and oxygen atoms in total. The third kappa shape index (κ3) is 8.32. The van der Waals surface area contributed by atoms with Crippen LogP contribution in [0.1, 0.15) is 44.1 Å². The van der Waals surface area contributed by atoms with Crippen LogP contribution >= 0.6 is 15.9 Å². The summed E-state index contributed by atoms with van der Waals surface area (Å²) in [6.07, 6.45) is 8.14. The van der Waals surface area contributed by atoms with Crippen LogP contribution in [0.2, 0.25) is 0 Å². The Morgan fingerprint density at radius 1 is 1.00 bits per heavy atom. The van der Waals surface area contributed by atoms with Gasteiger partial charge in [-0.2, -0.15) is 0 Å². The maximum atomic E-state index is 9.53. The highest BCUT2D eigenvalue weighted by Crippen LogP contribution is 2.26. The number of rotatable bonds is 12. The maximum Gasteiger partial charge on any atom is 0.160 e. The molecule has 0 aliphatic heterocycles. The summed E-state index contributed by atoms with van der Waals surface area (Å²) in [5.41, 5.74) is 1.19. The molecule has 120 valence electrons. The molecule has 21 heavy (non-hydrogen) atoms. The van der Waals surface area contributed by atoms with E-state index in [2.05, 4.69) is 15.9 Å². The van der Waals surface area contributed by atoms with Crippen molar-refractivity contribution >= 4 is 15.9 Å². The number of benzene rings is 1. The SMILES string of the molecule is COc1cc(CCCCOCCCCCCBr)ccc1O. The fourth-order valence-electron chi connectivity index (χ4n) is 2.17.